The molecule has 8 bridgehead atoms. The van der Waals surface area contributed by atoms with Gasteiger partial charge in [0, 0.05) is 50.8 Å². The lowest BCUT2D eigenvalue weighted by atomic mass is 9.96. The van der Waals surface area contributed by atoms with Crippen molar-refractivity contribution in [1.82, 2.24) is 15.3 Å². The summed E-state index contributed by atoms with van der Waals surface area (Å²) < 4.78 is 0. The predicted molar refractivity (Wildman–Crippen MR) is 197 cm³/mol. The van der Waals surface area contributed by atoms with E-state index in [-0.39, 0.29) is 30.4 Å². The van der Waals surface area contributed by atoms with Crippen molar-refractivity contribution in [2.45, 2.75) is 18.9 Å². The van der Waals surface area contributed by atoms with Crippen molar-refractivity contribution in [3.63, 3.8) is 0 Å². The zero-order chi connectivity index (χ0) is 33.6. The molecular formula is C44H32N4O2. The van der Waals surface area contributed by atoms with Crippen LogP contribution >= 0.6 is 0 Å². The molecule has 1 fully saturated rings. The fourth-order valence-electron chi connectivity index (χ4n) is 7.48. The van der Waals surface area contributed by atoms with Crippen LogP contribution in [0.15, 0.2) is 162 Å². The summed E-state index contributed by atoms with van der Waals surface area (Å²) in [5.41, 5.74) is 10.5. The second-order valence-corrected chi connectivity index (χ2v) is 12.8. The van der Waals surface area contributed by atoms with Crippen LogP contribution in [-0.2, 0) is 9.59 Å². The van der Waals surface area contributed by atoms with E-state index < -0.39 is 0 Å². The molecular weight excluding hydrogens is 617 g/mol. The van der Waals surface area contributed by atoms with Crippen molar-refractivity contribution in [3.05, 3.63) is 201 Å². The number of nitrogens with zero attached hydrogens (tertiary/aromatic N) is 1. The summed E-state index contributed by atoms with van der Waals surface area (Å²) in [6.07, 6.45) is 0.450. The molecule has 3 aliphatic rings. The number of carbonyl (C=O) groups is 2. The van der Waals surface area contributed by atoms with Crippen LogP contribution in [0.5, 0.6) is 0 Å². The molecule has 9 rings (SSSR count). The maximum Gasteiger partial charge on any atom is 0.187 e. The van der Waals surface area contributed by atoms with E-state index in [1.807, 2.05) is 133 Å². The predicted octanol–water partition coefficient (Wildman–Crippen LogP) is 6.32. The molecule has 0 aliphatic carbocycles. The van der Waals surface area contributed by atoms with Gasteiger partial charge in [-0.05, 0) is 46.5 Å². The van der Waals surface area contributed by atoms with Crippen molar-refractivity contribution >= 4 is 39.6 Å². The van der Waals surface area contributed by atoms with Gasteiger partial charge in [0.2, 0.25) is 0 Å². The van der Waals surface area contributed by atoms with E-state index >= 15 is 0 Å². The number of nitrogens with one attached hydrogen (secondary N) is 3. The molecule has 6 heteroatoms. The highest BCUT2D eigenvalue weighted by molar-refractivity contribution is 6.58. The number of rotatable bonds is 4. The molecule has 4 aromatic carbocycles. The quantitative estimate of drug-likeness (QED) is 0.209. The zero-order valence-corrected chi connectivity index (χ0v) is 27.1. The molecule has 240 valence electrons. The molecule has 0 radical (unpaired) electrons. The largest absolute Gasteiger partial charge is 0.374 e. The van der Waals surface area contributed by atoms with E-state index in [1.54, 1.807) is 0 Å². The molecule has 1 saturated heterocycles. The topological polar surface area (TPSA) is 90.1 Å². The molecule has 5 heterocycles. The third-order valence-corrected chi connectivity index (χ3v) is 9.69. The normalized spacial score (nSPS) is 22.4. The molecule has 50 heavy (non-hydrogen) atoms. The van der Waals surface area contributed by atoms with Crippen LogP contribution in [0.3, 0.4) is 0 Å². The third kappa shape index (κ3) is 5.09. The van der Waals surface area contributed by atoms with Gasteiger partial charge in [0.05, 0.1) is 23.9 Å². The highest BCUT2D eigenvalue weighted by Crippen LogP contribution is 2.37. The van der Waals surface area contributed by atoms with Gasteiger partial charge in [-0.1, -0.05) is 121 Å². The molecule has 0 amide bonds. The van der Waals surface area contributed by atoms with Crippen LogP contribution in [0.25, 0.3) is 22.3 Å². The summed E-state index contributed by atoms with van der Waals surface area (Å²) in [6, 6.07) is 48.0. The number of aromatic amines is 2. The lowest BCUT2D eigenvalue weighted by Crippen LogP contribution is -2.30. The van der Waals surface area contributed by atoms with Crippen molar-refractivity contribution in [3.8, 4) is 0 Å². The van der Waals surface area contributed by atoms with Crippen LogP contribution in [0.2, 0.25) is 0 Å². The number of hydrogen-bond donors (Lipinski definition) is 3. The molecule has 3 aliphatic heterocycles. The molecule has 1 unspecified atom stereocenters. The number of H-pyrrole nitrogens is 2. The minimum Gasteiger partial charge on any atom is -0.374 e. The number of ketones is 2. The second-order valence-electron chi connectivity index (χ2n) is 12.8. The standard InChI is InChI=1S/C44H32N4O2/c49-37-25-35-39(27-13-5-1-6-14-27)31-21-23-33(45-31)41(29-17-9-3-10-18-29)44-38(50)26-36(48-44)40(28-15-7-2-8-16-28)32-22-24-34(46-32)42(43(37)47-35)30-19-11-4-12-20-30/h1-24,35,45-47H,25-26H2/b39-31-,40-36-,41-33-,43-42-. The van der Waals surface area contributed by atoms with Gasteiger partial charge in [0.15, 0.2) is 11.6 Å². The first-order valence-electron chi connectivity index (χ1n) is 16.9. The SMILES string of the molecule is O=C1C/C2=C(\c3ccccc3)c3ccc([nH]3)/C(c3ccccc3)=C3\NC(CC3=O)/C(c3ccccc3)=c3/cc/c([nH]3)=C(\c3ccccc3)C1=N2. The van der Waals surface area contributed by atoms with Crippen LogP contribution in [0, 0.1) is 0 Å². The van der Waals surface area contributed by atoms with E-state index in [0.717, 1.165) is 66.6 Å². The van der Waals surface area contributed by atoms with Gasteiger partial charge in [-0.3, -0.25) is 9.59 Å². The first kappa shape index (κ1) is 29.6. The molecule has 2 aromatic heterocycles. The van der Waals surface area contributed by atoms with Gasteiger partial charge in [-0.15, -0.1) is 0 Å². The number of allylic oxidation sites excluding steroid dienone is 2. The van der Waals surface area contributed by atoms with Crippen LogP contribution < -0.4 is 16.0 Å². The highest BCUT2D eigenvalue weighted by atomic mass is 16.1. The number of aromatic nitrogens is 2. The number of Topliss-reactive ketones (excluding diaryl/α,β-unsaturated/α-hetero) is 2. The Hall–Kier alpha value is -6.53. The van der Waals surface area contributed by atoms with Crippen LogP contribution in [0.1, 0.15) is 46.5 Å². The molecule has 0 spiro atoms. The summed E-state index contributed by atoms with van der Waals surface area (Å²) in [5.74, 6) is 0.00752. The van der Waals surface area contributed by atoms with E-state index in [4.69, 9.17) is 4.99 Å². The number of benzene rings is 4. The first-order chi connectivity index (χ1) is 24.6. The molecule has 6 nitrogen and oxygen atoms in total. The highest BCUT2D eigenvalue weighted by Gasteiger charge is 2.35. The van der Waals surface area contributed by atoms with Crippen molar-refractivity contribution in [2.75, 3.05) is 0 Å². The maximum atomic E-state index is 14.2. The number of fused-ring (bicyclic) bond motifs is 7. The second kappa shape index (κ2) is 12.2. The molecule has 3 N–H and O–H groups in total. The fraction of sp³-hybridized carbons (Fsp3) is 0.0682. The number of carbonyl (C=O) groups excluding carboxylic acids is 2. The average Bonchev–Trinajstić information content (AvgIpc) is 3.97. The van der Waals surface area contributed by atoms with Gasteiger partial charge in [-0.25, -0.2) is 4.99 Å². The Morgan fingerprint density at radius 3 is 1.64 bits per heavy atom. The molecule has 0 saturated carbocycles. The Bertz CT molecular complexity index is 2520. The minimum atomic E-state index is -0.301. The lowest BCUT2D eigenvalue weighted by Gasteiger charge is -2.17. The summed E-state index contributed by atoms with van der Waals surface area (Å²) in [7, 11) is 0. The summed E-state index contributed by atoms with van der Waals surface area (Å²) in [6.45, 7) is 0. The lowest BCUT2D eigenvalue weighted by molar-refractivity contribution is -0.114. The number of hydrogen-bond acceptors (Lipinski definition) is 4. The summed E-state index contributed by atoms with van der Waals surface area (Å²) in [4.78, 5) is 40.8. The Balaban J connectivity index is 1.41. The van der Waals surface area contributed by atoms with E-state index in [2.05, 4.69) is 27.4 Å². The Morgan fingerprint density at radius 2 is 1.02 bits per heavy atom. The van der Waals surface area contributed by atoms with E-state index in [0.29, 0.717) is 17.1 Å². The smallest absolute Gasteiger partial charge is 0.187 e. The van der Waals surface area contributed by atoms with Gasteiger partial charge >= 0.3 is 0 Å². The van der Waals surface area contributed by atoms with Gasteiger partial charge in [-0.2, -0.15) is 0 Å². The fourth-order valence-corrected chi connectivity index (χ4v) is 7.48. The molecule has 1 atom stereocenters. The van der Waals surface area contributed by atoms with Crippen molar-refractivity contribution in [1.29, 1.82) is 0 Å². The minimum absolute atomic E-state index is 0.0368. The average molecular weight is 649 g/mol. The van der Waals surface area contributed by atoms with Gasteiger partial charge in [0.1, 0.15) is 5.71 Å². The maximum absolute atomic E-state index is 14.2. The third-order valence-electron chi connectivity index (χ3n) is 9.69. The monoisotopic (exact) mass is 648 g/mol. The van der Waals surface area contributed by atoms with Crippen LogP contribution in [-0.4, -0.2) is 33.3 Å². The molecule has 6 aromatic rings. The van der Waals surface area contributed by atoms with E-state index in [1.165, 1.54) is 0 Å². The first-order valence-corrected chi connectivity index (χ1v) is 16.9. The Labute approximate surface area is 289 Å². The van der Waals surface area contributed by atoms with Gasteiger partial charge in [0.25, 0.3) is 0 Å². The van der Waals surface area contributed by atoms with E-state index in [9.17, 15) is 9.59 Å². The number of aliphatic imine (C=N–C) groups is 1. The summed E-state index contributed by atoms with van der Waals surface area (Å²) >= 11 is 0. The summed E-state index contributed by atoms with van der Waals surface area (Å²) in [5, 5.41) is 5.35. The Kier molecular flexibility index (Phi) is 7.20. The van der Waals surface area contributed by atoms with Crippen molar-refractivity contribution < 1.29 is 9.59 Å². The van der Waals surface area contributed by atoms with Crippen molar-refractivity contribution in [2.24, 2.45) is 4.99 Å². The Morgan fingerprint density at radius 1 is 0.500 bits per heavy atom. The van der Waals surface area contributed by atoms with Gasteiger partial charge < -0.3 is 15.3 Å². The van der Waals surface area contributed by atoms with Crippen LogP contribution in [0.4, 0.5) is 0 Å². The zero-order valence-electron chi connectivity index (χ0n) is 27.1.